The number of aryl methyl sites for hydroxylation is 2. The summed E-state index contributed by atoms with van der Waals surface area (Å²) < 4.78 is 26.6. The van der Waals surface area contributed by atoms with Gasteiger partial charge in [0.15, 0.2) is 0 Å². The predicted molar refractivity (Wildman–Crippen MR) is 79.2 cm³/mol. The zero-order valence-electron chi connectivity index (χ0n) is 12.0. The van der Waals surface area contributed by atoms with Gasteiger partial charge < -0.3 is 5.32 Å². The second kappa shape index (κ2) is 6.49. The van der Waals surface area contributed by atoms with Crippen molar-refractivity contribution in [3.05, 3.63) is 17.5 Å². The number of anilines is 1. The molecule has 0 radical (unpaired) electrons. The molecule has 7 heteroatoms. The van der Waals surface area contributed by atoms with Crippen LogP contribution < -0.4 is 10.0 Å². The standard InChI is InChI=1S/C13H22N4O2S/c1-10-9-11(2)16-13(15-10)17-20(18,19)8-6-12-5-3-4-7-14-12/h9,12,14H,3-8H2,1-2H3,(H,15,16,17). The lowest BCUT2D eigenvalue weighted by Gasteiger charge is -2.23. The number of nitrogens with zero attached hydrogens (tertiary/aromatic N) is 2. The zero-order chi connectivity index (χ0) is 14.6. The van der Waals surface area contributed by atoms with Crippen LogP contribution in [0.5, 0.6) is 0 Å². The molecule has 112 valence electrons. The van der Waals surface area contributed by atoms with E-state index in [4.69, 9.17) is 0 Å². The first-order valence-electron chi connectivity index (χ1n) is 7.01. The van der Waals surface area contributed by atoms with Crippen molar-refractivity contribution >= 4 is 16.0 Å². The minimum atomic E-state index is -3.38. The number of nitrogens with one attached hydrogen (secondary N) is 2. The second-order valence-corrected chi connectivity index (χ2v) is 7.17. The monoisotopic (exact) mass is 298 g/mol. The summed E-state index contributed by atoms with van der Waals surface area (Å²) in [6.45, 7) is 4.62. The molecule has 6 nitrogen and oxygen atoms in total. The average Bonchev–Trinajstić information content (AvgIpc) is 2.36. The predicted octanol–water partition coefficient (Wildman–Crippen LogP) is 1.37. The van der Waals surface area contributed by atoms with Crippen molar-refractivity contribution in [3.8, 4) is 0 Å². The van der Waals surface area contributed by atoms with E-state index in [9.17, 15) is 8.42 Å². The first kappa shape index (κ1) is 15.2. The van der Waals surface area contributed by atoms with Crippen LogP contribution in [0.1, 0.15) is 37.1 Å². The number of sulfonamides is 1. The van der Waals surface area contributed by atoms with Crippen molar-refractivity contribution in [1.82, 2.24) is 15.3 Å². The Hall–Kier alpha value is -1.21. The van der Waals surface area contributed by atoms with E-state index in [-0.39, 0.29) is 11.7 Å². The summed E-state index contributed by atoms with van der Waals surface area (Å²) in [4.78, 5) is 8.19. The van der Waals surface area contributed by atoms with Crippen LogP contribution in [0, 0.1) is 13.8 Å². The molecule has 1 aromatic heterocycles. The van der Waals surface area contributed by atoms with E-state index in [2.05, 4.69) is 20.0 Å². The van der Waals surface area contributed by atoms with E-state index < -0.39 is 10.0 Å². The Morgan fingerprint density at radius 1 is 1.30 bits per heavy atom. The van der Waals surface area contributed by atoms with Gasteiger partial charge in [-0.3, -0.25) is 4.72 Å². The largest absolute Gasteiger partial charge is 0.314 e. The quantitative estimate of drug-likeness (QED) is 0.857. The molecule has 1 fully saturated rings. The number of piperidine rings is 1. The molecule has 0 spiro atoms. The number of hydrogen-bond donors (Lipinski definition) is 2. The molecule has 1 saturated heterocycles. The summed E-state index contributed by atoms with van der Waals surface area (Å²) >= 11 is 0. The highest BCUT2D eigenvalue weighted by molar-refractivity contribution is 7.92. The van der Waals surface area contributed by atoms with Crippen LogP contribution in [0.4, 0.5) is 5.95 Å². The molecule has 0 aromatic carbocycles. The van der Waals surface area contributed by atoms with E-state index >= 15 is 0 Å². The van der Waals surface area contributed by atoms with Crippen molar-refractivity contribution in [1.29, 1.82) is 0 Å². The lowest BCUT2D eigenvalue weighted by Crippen LogP contribution is -2.36. The third kappa shape index (κ3) is 4.72. The summed E-state index contributed by atoms with van der Waals surface area (Å²) in [5.41, 5.74) is 1.51. The second-order valence-electron chi connectivity index (χ2n) is 5.33. The summed E-state index contributed by atoms with van der Waals surface area (Å²) in [5, 5.41) is 3.35. The Labute approximate surface area is 120 Å². The Morgan fingerprint density at radius 2 is 2.00 bits per heavy atom. The van der Waals surface area contributed by atoms with E-state index in [1.807, 2.05) is 19.9 Å². The Balaban J connectivity index is 1.92. The van der Waals surface area contributed by atoms with Gasteiger partial charge in [0.1, 0.15) is 0 Å². The first-order valence-corrected chi connectivity index (χ1v) is 8.66. The fraction of sp³-hybridized carbons (Fsp3) is 0.692. The Kier molecular flexibility index (Phi) is 4.93. The molecular formula is C13H22N4O2S. The molecule has 1 aromatic rings. The number of hydrogen-bond acceptors (Lipinski definition) is 5. The topological polar surface area (TPSA) is 84.0 Å². The van der Waals surface area contributed by atoms with E-state index in [1.54, 1.807) is 0 Å². The summed E-state index contributed by atoms with van der Waals surface area (Å²) in [5.74, 6) is 0.264. The van der Waals surface area contributed by atoms with Crippen LogP contribution in [-0.2, 0) is 10.0 Å². The van der Waals surface area contributed by atoms with Gasteiger partial charge in [-0.2, -0.15) is 0 Å². The highest BCUT2D eigenvalue weighted by Crippen LogP contribution is 2.12. The smallest absolute Gasteiger partial charge is 0.236 e. The molecule has 1 unspecified atom stereocenters. The molecule has 20 heavy (non-hydrogen) atoms. The van der Waals surface area contributed by atoms with E-state index in [0.29, 0.717) is 12.5 Å². The molecule has 1 aliphatic heterocycles. The van der Waals surface area contributed by atoms with Crippen LogP contribution in [0.15, 0.2) is 6.07 Å². The highest BCUT2D eigenvalue weighted by atomic mass is 32.2. The highest BCUT2D eigenvalue weighted by Gasteiger charge is 2.18. The Morgan fingerprint density at radius 3 is 2.60 bits per heavy atom. The fourth-order valence-electron chi connectivity index (χ4n) is 2.43. The van der Waals surface area contributed by atoms with Crippen LogP contribution >= 0.6 is 0 Å². The Bertz CT molecular complexity index is 533. The average molecular weight is 298 g/mol. The maximum absolute atomic E-state index is 12.0. The lowest BCUT2D eigenvalue weighted by molar-refractivity contribution is 0.393. The number of aromatic nitrogens is 2. The molecule has 2 heterocycles. The first-order chi connectivity index (χ1) is 9.44. The van der Waals surface area contributed by atoms with Gasteiger partial charge >= 0.3 is 0 Å². The van der Waals surface area contributed by atoms with Gasteiger partial charge in [-0.25, -0.2) is 18.4 Å². The summed E-state index contributed by atoms with van der Waals surface area (Å²) in [6, 6.07) is 2.12. The minimum Gasteiger partial charge on any atom is -0.314 e. The van der Waals surface area contributed by atoms with Crippen LogP contribution in [0.25, 0.3) is 0 Å². The molecule has 1 atom stereocenters. The number of rotatable bonds is 5. The van der Waals surface area contributed by atoms with Gasteiger partial charge in [0, 0.05) is 17.4 Å². The summed E-state index contributed by atoms with van der Waals surface area (Å²) in [6.07, 6.45) is 4.03. The van der Waals surface area contributed by atoms with Gasteiger partial charge in [0.25, 0.3) is 0 Å². The van der Waals surface area contributed by atoms with Crippen molar-refractivity contribution < 1.29 is 8.42 Å². The van der Waals surface area contributed by atoms with Gasteiger partial charge in [-0.1, -0.05) is 6.42 Å². The normalized spacial score (nSPS) is 19.8. The van der Waals surface area contributed by atoms with Gasteiger partial charge in [0.05, 0.1) is 5.75 Å². The third-order valence-corrected chi connectivity index (χ3v) is 4.64. The zero-order valence-corrected chi connectivity index (χ0v) is 12.8. The van der Waals surface area contributed by atoms with Crippen molar-refractivity contribution in [2.24, 2.45) is 0 Å². The molecule has 0 saturated carbocycles. The molecule has 2 N–H and O–H groups in total. The summed E-state index contributed by atoms with van der Waals surface area (Å²) in [7, 11) is -3.38. The van der Waals surface area contributed by atoms with Crippen molar-refractivity contribution in [2.75, 3.05) is 17.0 Å². The van der Waals surface area contributed by atoms with Crippen molar-refractivity contribution in [3.63, 3.8) is 0 Å². The minimum absolute atomic E-state index is 0.0982. The molecule has 2 rings (SSSR count). The fourth-order valence-corrected chi connectivity index (χ4v) is 3.50. The van der Waals surface area contributed by atoms with Crippen LogP contribution in [-0.4, -0.2) is 36.7 Å². The SMILES string of the molecule is Cc1cc(C)nc(NS(=O)(=O)CCC2CCCCN2)n1. The molecule has 0 bridgehead atoms. The molecule has 1 aliphatic rings. The van der Waals surface area contributed by atoms with Gasteiger partial charge in [-0.15, -0.1) is 0 Å². The molecule has 0 aliphatic carbocycles. The van der Waals surface area contributed by atoms with E-state index in [1.165, 1.54) is 12.8 Å². The van der Waals surface area contributed by atoms with Crippen molar-refractivity contribution in [2.45, 2.75) is 45.6 Å². The third-order valence-electron chi connectivity index (χ3n) is 3.38. The maximum Gasteiger partial charge on any atom is 0.236 e. The van der Waals surface area contributed by atoms with E-state index in [0.717, 1.165) is 24.4 Å². The van der Waals surface area contributed by atoms with Gasteiger partial charge in [0.2, 0.25) is 16.0 Å². The molecule has 0 amide bonds. The van der Waals surface area contributed by atoms with Crippen LogP contribution in [0.3, 0.4) is 0 Å². The lowest BCUT2D eigenvalue weighted by atomic mass is 10.0. The van der Waals surface area contributed by atoms with Gasteiger partial charge in [-0.05, 0) is 45.7 Å². The van der Waals surface area contributed by atoms with Crippen LogP contribution in [0.2, 0.25) is 0 Å². The molecular weight excluding hydrogens is 276 g/mol. The maximum atomic E-state index is 12.0.